The molecule has 4 rings (SSSR count). The number of nitrogens with zero attached hydrogens (tertiary/aromatic N) is 3. The molecule has 2 heterocycles. The minimum absolute atomic E-state index is 0. The van der Waals surface area contributed by atoms with Crippen molar-refractivity contribution in [3.8, 4) is 0 Å². The molecule has 1 aromatic carbocycles. The van der Waals surface area contributed by atoms with E-state index in [1.165, 1.54) is 0 Å². The molecule has 0 unspecified atom stereocenters. The van der Waals surface area contributed by atoms with Crippen LogP contribution in [0.1, 0.15) is 19.3 Å². The molecule has 1 aliphatic heterocycles. The molecule has 1 amide bonds. The molecule has 2 N–H and O–H groups in total. The number of nitrogens with two attached hydrogens (primary N) is 1. The zero-order valence-electron chi connectivity index (χ0n) is 12.0. The van der Waals surface area contributed by atoms with Gasteiger partial charge in [-0.05, 0) is 37.5 Å². The third-order valence-electron chi connectivity index (χ3n) is 4.41. The molecule has 1 spiro atoms. The predicted molar refractivity (Wildman–Crippen MR) is 92.6 cm³/mol. The van der Waals surface area contributed by atoms with E-state index < -0.39 is 5.54 Å². The first kappa shape index (κ1) is 15.1. The van der Waals surface area contributed by atoms with Crippen molar-refractivity contribution in [3.05, 3.63) is 36.5 Å². The number of amides is 1. The van der Waals surface area contributed by atoms with Crippen LogP contribution in [-0.4, -0.2) is 28.8 Å². The standard InChI is InChI=1S/C16H16N4O.BrH/c17-10-14-19-16(6-2-7-16)15(21)20(14)12-5-4-11-3-1-8-18-13(11)9-12;/h1,3-5,8-9H,2,6-7,10,17H2;1H. The number of carbonyl (C=O) groups is 1. The van der Waals surface area contributed by atoms with Crippen molar-refractivity contribution in [1.82, 2.24) is 4.98 Å². The number of anilines is 1. The zero-order valence-corrected chi connectivity index (χ0v) is 13.7. The Balaban J connectivity index is 0.00000144. The van der Waals surface area contributed by atoms with Crippen molar-refractivity contribution >= 4 is 45.3 Å². The van der Waals surface area contributed by atoms with Crippen molar-refractivity contribution < 1.29 is 4.79 Å². The Hall–Kier alpha value is -1.79. The maximum atomic E-state index is 12.8. The van der Waals surface area contributed by atoms with Crippen LogP contribution in [0.4, 0.5) is 5.69 Å². The molecule has 1 aromatic heterocycles. The van der Waals surface area contributed by atoms with Gasteiger partial charge in [0, 0.05) is 11.6 Å². The second-order valence-corrected chi connectivity index (χ2v) is 5.64. The average Bonchev–Trinajstić information content (AvgIpc) is 2.79. The number of pyridine rings is 1. The number of amidine groups is 1. The second kappa shape index (κ2) is 5.44. The first-order valence-electron chi connectivity index (χ1n) is 7.22. The minimum Gasteiger partial charge on any atom is -0.324 e. The Morgan fingerprint density at radius 3 is 2.77 bits per heavy atom. The van der Waals surface area contributed by atoms with E-state index in [1.54, 1.807) is 11.1 Å². The quantitative estimate of drug-likeness (QED) is 0.893. The van der Waals surface area contributed by atoms with E-state index in [1.807, 2.05) is 30.3 Å². The average molecular weight is 361 g/mol. The van der Waals surface area contributed by atoms with Crippen LogP contribution >= 0.6 is 17.0 Å². The third-order valence-corrected chi connectivity index (χ3v) is 4.41. The molecule has 2 aliphatic rings. The summed E-state index contributed by atoms with van der Waals surface area (Å²) in [7, 11) is 0. The molecule has 1 fully saturated rings. The summed E-state index contributed by atoms with van der Waals surface area (Å²) in [6.45, 7) is 0.272. The minimum atomic E-state index is -0.534. The predicted octanol–water partition coefficient (Wildman–Crippen LogP) is 2.44. The van der Waals surface area contributed by atoms with Gasteiger partial charge in [0.25, 0.3) is 5.91 Å². The number of rotatable bonds is 2. The Morgan fingerprint density at radius 2 is 2.09 bits per heavy atom. The van der Waals surface area contributed by atoms with Crippen molar-refractivity contribution in [2.24, 2.45) is 10.7 Å². The Bertz CT molecular complexity index is 770. The van der Waals surface area contributed by atoms with Crippen molar-refractivity contribution in [3.63, 3.8) is 0 Å². The number of fused-ring (bicyclic) bond motifs is 1. The van der Waals surface area contributed by atoms with Crippen LogP contribution in [0.25, 0.3) is 10.9 Å². The summed E-state index contributed by atoms with van der Waals surface area (Å²) in [5, 5.41) is 1.05. The van der Waals surface area contributed by atoms with Crippen LogP contribution in [0, 0.1) is 0 Å². The number of hydrogen-bond acceptors (Lipinski definition) is 4. The van der Waals surface area contributed by atoms with Crippen molar-refractivity contribution in [1.29, 1.82) is 0 Å². The largest absolute Gasteiger partial charge is 0.324 e. The summed E-state index contributed by atoms with van der Waals surface area (Å²) in [5.41, 5.74) is 6.94. The van der Waals surface area contributed by atoms with Gasteiger partial charge >= 0.3 is 0 Å². The second-order valence-electron chi connectivity index (χ2n) is 5.64. The molecule has 0 bridgehead atoms. The zero-order chi connectivity index (χ0) is 14.4. The Morgan fingerprint density at radius 1 is 1.27 bits per heavy atom. The van der Waals surface area contributed by atoms with Gasteiger partial charge in [-0.1, -0.05) is 12.1 Å². The molecule has 6 heteroatoms. The van der Waals surface area contributed by atoms with Gasteiger partial charge in [0.05, 0.1) is 17.7 Å². The van der Waals surface area contributed by atoms with E-state index in [4.69, 9.17) is 5.73 Å². The van der Waals surface area contributed by atoms with E-state index in [9.17, 15) is 4.79 Å². The van der Waals surface area contributed by atoms with E-state index in [0.29, 0.717) is 5.84 Å². The summed E-state index contributed by atoms with van der Waals surface area (Å²) in [6, 6.07) is 9.74. The van der Waals surface area contributed by atoms with Gasteiger partial charge in [0.15, 0.2) is 0 Å². The van der Waals surface area contributed by atoms with Gasteiger partial charge in [-0.15, -0.1) is 17.0 Å². The summed E-state index contributed by atoms with van der Waals surface area (Å²) < 4.78 is 0. The van der Waals surface area contributed by atoms with Gasteiger partial charge in [-0.2, -0.15) is 0 Å². The highest BCUT2D eigenvalue weighted by molar-refractivity contribution is 8.93. The lowest BCUT2D eigenvalue weighted by molar-refractivity contribution is -0.124. The number of carbonyl (C=O) groups excluding carboxylic acids is 1. The summed E-state index contributed by atoms with van der Waals surface area (Å²) in [4.78, 5) is 23.4. The molecule has 0 atom stereocenters. The van der Waals surface area contributed by atoms with Gasteiger partial charge in [0.1, 0.15) is 11.4 Å². The summed E-state index contributed by atoms with van der Waals surface area (Å²) >= 11 is 0. The summed E-state index contributed by atoms with van der Waals surface area (Å²) in [5.74, 6) is 0.722. The van der Waals surface area contributed by atoms with Gasteiger partial charge in [-0.25, -0.2) is 0 Å². The molecule has 114 valence electrons. The molecular formula is C16H17BrN4O. The number of halogens is 1. The summed E-state index contributed by atoms with van der Waals surface area (Å²) in [6.07, 6.45) is 4.47. The molecular weight excluding hydrogens is 344 g/mol. The van der Waals surface area contributed by atoms with Crippen LogP contribution in [-0.2, 0) is 4.79 Å². The molecule has 0 saturated heterocycles. The molecule has 22 heavy (non-hydrogen) atoms. The highest BCUT2D eigenvalue weighted by Gasteiger charge is 2.52. The normalized spacial score (nSPS) is 19.0. The van der Waals surface area contributed by atoms with E-state index >= 15 is 0 Å². The fourth-order valence-corrected chi connectivity index (χ4v) is 3.10. The van der Waals surface area contributed by atoms with Gasteiger partial charge in [0.2, 0.25) is 0 Å². The Labute approximate surface area is 139 Å². The highest BCUT2D eigenvalue weighted by atomic mass is 79.9. The smallest absolute Gasteiger partial charge is 0.260 e. The van der Waals surface area contributed by atoms with Crippen LogP contribution in [0.5, 0.6) is 0 Å². The number of hydrogen-bond donors (Lipinski definition) is 1. The lowest BCUT2D eigenvalue weighted by Gasteiger charge is -2.33. The van der Waals surface area contributed by atoms with E-state index in [0.717, 1.165) is 35.9 Å². The monoisotopic (exact) mass is 360 g/mol. The molecule has 1 aliphatic carbocycles. The molecule has 2 aromatic rings. The van der Waals surface area contributed by atoms with Crippen molar-refractivity contribution in [2.45, 2.75) is 24.8 Å². The third kappa shape index (κ3) is 2.06. The lowest BCUT2D eigenvalue weighted by atomic mass is 9.77. The fourth-order valence-electron chi connectivity index (χ4n) is 3.10. The van der Waals surface area contributed by atoms with Crippen molar-refractivity contribution in [2.75, 3.05) is 11.4 Å². The number of benzene rings is 1. The molecule has 0 radical (unpaired) electrons. The first-order valence-corrected chi connectivity index (χ1v) is 7.22. The fraction of sp³-hybridized carbons (Fsp3) is 0.312. The highest BCUT2D eigenvalue weighted by Crippen LogP contribution is 2.42. The van der Waals surface area contributed by atoms with E-state index in [-0.39, 0.29) is 29.4 Å². The van der Waals surface area contributed by atoms with Gasteiger partial charge < -0.3 is 5.73 Å². The first-order chi connectivity index (χ1) is 10.2. The lowest BCUT2D eigenvalue weighted by Crippen LogP contribution is -2.47. The van der Waals surface area contributed by atoms with Crippen LogP contribution in [0.15, 0.2) is 41.5 Å². The topological polar surface area (TPSA) is 71.6 Å². The maximum absolute atomic E-state index is 12.8. The van der Waals surface area contributed by atoms with Crippen LogP contribution in [0.3, 0.4) is 0 Å². The van der Waals surface area contributed by atoms with Crippen LogP contribution in [0.2, 0.25) is 0 Å². The number of aromatic nitrogens is 1. The van der Waals surface area contributed by atoms with Gasteiger partial charge in [-0.3, -0.25) is 19.7 Å². The van der Waals surface area contributed by atoms with Crippen LogP contribution < -0.4 is 10.6 Å². The molecule has 5 nitrogen and oxygen atoms in total. The molecule has 1 saturated carbocycles. The van der Waals surface area contributed by atoms with E-state index in [2.05, 4.69) is 9.98 Å². The number of aliphatic imine (C=N–C) groups is 1. The SMILES string of the molecule is Br.NCC1=NC2(CCC2)C(=O)N1c1ccc2cccnc2c1. The Kier molecular flexibility index (Phi) is 3.74. The maximum Gasteiger partial charge on any atom is 0.260 e.